The topological polar surface area (TPSA) is 58.5 Å². The summed E-state index contributed by atoms with van der Waals surface area (Å²) in [6, 6.07) is 4.58. The molecule has 0 radical (unpaired) electrons. The summed E-state index contributed by atoms with van der Waals surface area (Å²) in [5.41, 5.74) is 1.10. The van der Waals surface area contributed by atoms with Crippen molar-refractivity contribution in [2.75, 3.05) is 13.2 Å². The molecule has 126 valence electrons. The molecule has 0 bridgehead atoms. The van der Waals surface area contributed by atoms with E-state index in [-0.39, 0.29) is 0 Å². The van der Waals surface area contributed by atoms with Crippen molar-refractivity contribution in [2.45, 2.75) is 58.0 Å². The molecule has 5 heteroatoms. The van der Waals surface area contributed by atoms with Gasteiger partial charge in [0.1, 0.15) is 0 Å². The lowest BCUT2D eigenvalue weighted by molar-refractivity contribution is 0.288. The molecule has 5 nitrogen and oxygen atoms in total. The number of nitrogens with zero attached hydrogens (tertiary/aromatic N) is 2. The first-order chi connectivity index (χ1) is 11.3. The lowest BCUT2D eigenvalue weighted by atomic mass is 10.2. The fraction of sp³-hybridized carbons (Fsp3) is 0.667. The van der Waals surface area contributed by atoms with Crippen molar-refractivity contribution in [1.82, 2.24) is 15.6 Å². The first-order valence-electron chi connectivity index (χ1n) is 8.96. The molecule has 2 N–H and O–H groups in total. The van der Waals surface area contributed by atoms with Crippen LogP contribution in [-0.4, -0.2) is 30.1 Å². The van der Waals surface area contributed by atoms with E-state index in [4.69, 9.17) is 4.74 Å². The molecule has 1 aromatic heterocycles. The van der Waals surface area contributed by atoms with E-state index < -0.39 is 0 Å². The lowest BCUT2D eigenvalue weighted by Gasteiger charge is -2.16. The van der Waals surface area contributed by atoms with Crippen molar-refractivity contribution >= 4 is 5.96 Å². The SMILES string of the molecule is CCNC(=NCc1ccc(OCC2CC2)nc1)NC1CCCC1. The number of aromatic nitrogens is 1. The van der Waals surface area contributed by atoms with Crippen molar-refractivity contribution in [2.24, 2.45) is 10.9 Å². The summed E-state index contributed by atoms with van der Waals surface area (Å²) in [5, 5.41) is 6.86. The maximum absolute atomic E-state index is 5.67. The van der Waals surface area contributed by atoms with E-state index in [1.165, 1.54) is 38.5 Å². The quantitative estimate of drug-likeness (QED) is 0.600. The van der Waals surface area contributed by atoms with E-state index in [0.29, 0.717) is 12.6 Å². The lowest BCUT2D eigenvalue weighted by Crippen LogP contribution is -2.42. The van der Waals surface area contributed by atoms with Crippen LogP contribution in [0.5, 0.6) is 5.88 Å². The molecule has 0 aromatic carbocycles. The first kappa shape index (κ1) is 16.1. The third-order valence-electron chi connectivity index (χ3n) is 4.42. The fourth-order valence-corrected chi connectivity index (χ4v) is 2.83. The van der Waals surface area contributed by atoms with Gasteiger partial charge in [0.25, 0.3) is 0 Å². The first-order valence-corrected chi connectivity index (χ1v) is 8.96. The van der Waals surface area contributed by atoms with E-state index in [1.807, 2.05) is 12.3 Å². The zero-order valence-corrected chi connectivity index (χ0v) is 14.1. The minimum Gasteiger partial charge on any atom is -0.477 e. The standard InChI is InChI=1S/C18H28N4O/c1-2-19-18(22-16-5-3-4-6-16)21-12-15-9-10-17(20-11-15)23-13-14-7-8-14/h9-11,14,16H,2-8,12-13H2,1H3,(H2,19,21,22). The molecule has 2 aliphatic rings. The van der Waals surface area contributed by atoms with Gasteiger partial charge in [-0.2, -0.15) is 0 Å². The van der Waals surface area contributed by atoms with Crippen LogP contribution in [0.15, 0.2) is 23.3 Å². The highest BCUT2D eigenvalue weighted by Gasteiger charge is 2.22. The molecule has 0 unspecified atom stereocenters. The summed E-state index contributed by atoms with van der Waals surface area (Å²) in [7, 11) is 0. The third-order valence-corrected chi connectivity index (χ3v) is 4.42. The van der Waals surface area contributed by atoms with Crippen LogP contribution in [0, 0.1) is 5.92 Å². The molecule has 1 aromatic rings. The largest absolute Gasteiger partial charge is 0.477 e. The minimum atomic E-state index is 0.573. The molecule has 0 saturated heterocycles. The maximum atomic E-state index is 5.67. The molecular formula is C18H28N4O. The van der Waals surface area contributed by atoms with Crippen LogP contribution in [0.1, 0.15) is 51.0 Å². The van der Waals surface area contributed by atoms with Gasteiger partial charge in [0.05, 0.1) is 13.2 Å². The highest BCUT2D eigenvalue weighted by Crippen LogP contribution is 2.29. The Morgan fingerprint density at radius 1 is 1.26 bits per heavy atom. The highest BCUT2D eigenvalue weighted by atomic mass is 16.5. The molecule has 0 atom stereocenters. The molecule has 0 amide bonds. The van der Waals surface area contributed by atoms with Crippen LogP contribution in [0.25, 0.3) is 0 Å². The Kier molecular flexibility index (Phi) is 5.72. The maximum Gasteiger partial charge on any atom is 0.213 e. The third kappa shape index (κ3) is 5.41. The second-order valence-corrected chi connectivity index (χ2v) is 6.58. The van der Waals surface area contributed by atoms with Crippen LogP contribution in [0.4, 0.5) is 0 Å². The summed E-state index contributed by atoms with van der Waals surface area (Å²) >= 11 is 0. The Labute approximate surface area is 138 Å². The van der Waals surface area contributed by atoms with Gasteiger partial charge in [0.15, 0.2) is 5.96 Å². The van der Waals surface area contributed by atoms with E-state index in [2.05, 4.69) is 33.6 Å². The van der Waals surface area contributed by atoms with Gasteiger partial charge in [-0.25, -0.2) is 9.98 Å². The Bertz CT molecular complexity index is 504. The monoisotopic (exact) mass is 316 g/mol. The smallest absolute Gasteiger partial charge is 0.213 e. The zero-order chi connectivity index (χ0) is 15.9. The number of rotatable bonds is 7. The van der Waals surface area contributed by atoms with Crippen LogP contribution in [0.3, 0.4) is 0 Å². The summed E-state index contributed by atoms with van der Waals surface area (Å²) in [6.07, 6.45) is 9.61. The molecule has 2 saturated carbocycles. The van der Waals surface area contributed by atoms with E-state index in [1.54, 1.807) is 0 Å². The normalized spacial score (nSPS) is 18.9. The Morgan fingerprint density at radius 3 is 2.74 bits per heavy atom. The molecule has 2 fully saturated rings. The van der Waals surface area contributed by atoms with Gasteiger partial charge in [-0.3, -0.25) is 0 Å². The summed E-state index contributed by atoms with van der Waals surface area (Å²) in [6.45, 7) is 4.42. The van der Waals surface area contributed by atoms with Crippen LogP contribution >= 0.6 is 0 Å². The molecule has 0 spiro atoms. The molecule has 23 heavy (non-hydrogen) atoms. The average Bonchev–Trinajstić information content (AvgIpc) is 3.27. The second-order valence-electron chi connectivity index (χ2n) is 6.58. The van der Waals surface area contributed by atoms with Gasteiger partial charge in [-0.15, -0.1) is 0 Å². The van der Waals surface area contributed by atoms with Gasteiger partial charge in [0, 0.05) is 24.8 Å². The molecule has 1 heterocycles. The number of ether oxygens (including phenoxy) is 1. The van der Waals surface area contributed by atoms with Gasteiger partial charge in [-0.05, 0) is 44.1 Å². The van der Waals surface area contributed by atoms with Gasteiger partial charge in [0.2, 0.25) is 5.88 Å². The number of aliphatic imine (C=N–C) groups is 1. The Morgan fingerprint density at radius 2 is 2.09 bits per heavy atom. The van der Waals surface area contributed by atoms with Crippen molar-refractivity contribution < 1.29 is 4.74 Å². The van der Waals surface area contributed by atoms with Crippen molar-refractivity contribution in [1.29, 1.82) is 0 Å². The predicted molar refractivity (Wildman–Crippen MR) is 92.7 cm³/mol. The Balaban J connectivity index is 1.50. The molecule has 3 rings (SSSR count). The summed E-state index contributed by atoms with van der Waals surface area (Å²) < 4.78 is 5.67. The van der Waals surface area contributed by atoms with E-state index in [0.717, 1.165) is 36.5 Å². The highest BCUT2D eigenvalue weighted by molar-refractivity contribution is 5.80. The van der Waals surface area contributed by atoms with E-state index >= 15 is 0 Å². The Hall–Kier alpha value is -1.78. The summed E-state index contributed by atoms with van der Waals surface area (Å²) in [4.78, 5) is 9.05. The number of hydrogen-bond acceptors (Lipinski definition) is 3. The van der Waals surface area contributed by atoms with E-state index in [9.17, 15) is 0 Å². The van der Waals surface area contributed by atoms with Gasteiger partial charge < -0.3 is 15.4 Å². The number of pyridine rings is 1. The van der Waals surface area contributed by atoms with Gasteiger partial charge in [-0.1, -0.05) is 18.9 Å². The predicted octanol–water partition coefficient (Wildman–Crippen LogP) is 2.87. The van der Waals surface area contributed by atoms with Crippen LogP contribution < -0.4 is 15.4 Å². The van der Waals surface area contributed by atoms with Crippen molar-refractivity contribution in [3.8, 4) is 5.88 Å². The van der Waals surface area contributed by atoms with Crippen LogP contribution in [0.2, 0.25) is 0 Å². The zero-order valence-electron chi connectivity index (χ0n) is 14.1. The number of nitrogens with one attached hydrogen (secondary N) is 2. The van der Waals surface area contributed by atoms with Crippen molar-refractivity contribution in [3.05, 3.63) is 23.9 Å². The minimum absolute atomic E-state index is 0.573. The number of hydrogen-bond donors (Lipinski definition) is 2. The van der Waals surface area contributed by atoms with Gasteiger partial charge >= 0.3 is 0 Å². The number of guanidine groups is 1. The summed E-state index contributed by atoms with van der Waals surface area (Å²) in [5.74, 6) is 2.39. The fourth-order valence-electron chi connectivity index (χ4n) is 2.83. The van der Waals surface area contributed by atoms with Crippen molar-refractivity contribution in [3.63, 3.8) is 0 Å². The van der Waals surface area contributed by atoms with Crippen LogP contribution in [-0.2, 0) is 6.54 Å². The average molecular weight is 316 g/mol. The molecule has 0 aliphatic heterocycles. The second kappa shape index (κ2) is 8.18. The molecular weight excluding hydrogens is 288 g/mol. The molecule has 2 aliphatic carbocycles.